The highest BCUT2D eigenvalue weighted by atomic mass is 16.3. The molecule has 0 atom stereocenters. The summed E-state index contributed by atoms with van der Waals surface area (Å²) in [5, 5.41) is 2.20. The van der Waals surface area contributed by atoms with Crippen LogP contribution in [0.3, 0.4) is 0 Å². The van der Waals surface area contributed by atoms with Gasteiger partial charge in [0.25, 0.3) is 0 Å². The van der Waals surface area contributed by atoms with Crippen LogP contribution in [0.1, 0.15) is 0 Å². The Balaban J connectivity index is 1.17. The van der Waals surface area contributed by atoms with Crippen molar-refractivity contribution in [2.45, 2.75) is 0 Å². The van der Waals surface area contributed by atoms with E-state index in [4.69, 9.17) is 4.42 Å². The highest BCUT2D eigenvalue weighted by Crippen LogP contribution is 2.46. The Morgan fingerprint density at radius 3 is 1.48 bits per heavy atom. The molecule has 2 nitrogen and oxygen atoms in total. The van der Waals surface area contributed by atoms with Crippen molar-refractivity contribution in [2.75, 3.05) is 4.90 Å². The van der Waals surface area contributed by atoms with Crippen molar-refractivity contribution < 1.29 is 4.42 Å². The third kappa shape index (κ3) is 6.14. The fourth-order valence-electron chi connectivity index (χ4n) is 8.06. The van der Waals surface area contributed by atoms with Crippen LogP contribution in [0.15, 0.2) is 229 Å². The first-order chi connectivity index (χ1) is 27.8. The van der Waals surface area contributed by atoms with Crippen molar-refractivity contribution in [3.05, 3.63) is 224 Å². The van der Waals surface area contributed by atoms with Gasteiger partial charge in [0.1, 0.15) is 11.2 Å². The van der Waals surface area contributed by atoms with Gasteiger partial charge in [0, 0.05) is 27.8 Å². The lowest BCUT2D eigenvalue weighted by Crippen LogP contribution is -2.10. The van der Waals surface area contributed by atoms with Gasteiger partial charge in [-0.15, -0.1) is 0 Å². The largest absolute Gasteiger partial charge is 0.456 e. The van der Waals surface area contributed by atoms with Crippen molar-refractivity contribution in [2.24, 2.45) is 0 Å². The van der Waals surface area contributed by atoms with Crippen molar-refractivity contribution in [1.82, 2.24) is 0 Å². The molecule has 0 aliphatic heterocycles. The third-order valence-electron chi connectivity index (χ3n) is 10.7. The Kier molecular flexibility index (Phi) is 8.55. The Labute approximate surface area is 327 Å². The van der Waals surface area contributed by atoms with Crippen LogP contribution in [0, 0.1) is 0 Å². The molecule has 0 N–H and O–H groups in total. The minimum atomic E-state index is 0.877. The van der Waals surface area contributed by atoms with Gasteiger partial charge in [0.05, 0.1) is 0 Å². The first-order valence-corrected chi connectivity index (χ1v) is 19.1. The standard InChI is InChI=1S/C54H37NO/c1-4-16-38(17-5-1)39-30-32-43(33-31-39)55(45-34-35-53-51(37-45)49-25-12-13-29-52(49)56-53)44-23-14-22-42(36-44)48-28-15-27-47(41-20-8-3-9-21-41)54(48)50-26-11-10-24-46(50)40-18-6-2-7-19-40/h1-37H. The number of hydrogen-bond acceptors (Lipinski definition) is 2. The summed E-state index contributed by atoms with van der Waals surface area (Å²) in [7, 11) is 0. The average molecular weight is 716 g/mol. The second-order valence-electron chi connectivity index (χ2n) is 14.1. The van der Waals surface area contributed by atoms with Crippen molar-refractivity contribution in [3.8, 4) is 55.6 Å². The number of benzene rings is 9. The average Bonchev–Trinajstić information content (AvgIpc) is 3.66. The Morgan fingerprint density at radius 2 is 0.750 bits per heavy atom. The topological polar surface area (TPSA) is 16.4 Å². The van der Waals surface area contributed by atoms with Crippen LogP contribution in [0.25, 0.3) is 77.6 Å². The SMILES string of the molecule is c1ccc(-c2ccc(N(c3cccc(-c4cccc(-c5ccccc5)c4-c4ccccc4-c4ccccc4)c3)c3ccc4oc5ccccc5c4c3)cc2)cc1. The molecule has 0 unspecified atom stereocenters. The molecule has 0 saturated heterocycles. The molecule has 2 heteroatoms. The van der Waals surface area contributed by atoms with Crippen LogP contribution < -0.4 is 4.90 Å². The van der Waals surface area contributed by atoms with Gasteiger partial charge in [-0.25, -0.2) is 0 Å². The zero-order chi connectivity index (χ0) is 37.3. The minimum Gasteiger partial charge on any atom is -0.456 e. The maximum absolute atomic E-state index is 6.27. The number of fused-ring (bicyclic) bond motifs is 3. The van der Waals surface area contributed by atoms with E-state index in [9.17, 15) is 0 Å². The summed E-state index contributed by atoms with van der Waals surface area (Å²) in [5.74, 6) is 0. The summed E-state index contributed by atoms with van der Waals surface area (Å²) in [4.78, 5) is 2.36. The number of rotatable bonds is 8. The summed E-state index contributed by atoms with van der Waals surface area (Å²) in [6.45, 7) is 0. The van der Waals surface area contributed by atoms with Crippen LogP contribution in [0.5, 0.6) is 0 Å². The van der Waals surface area contributed by atoms with Crippen LogP contribution in [-0.4, -0.2) is 0 Å². The summed E-state index contributed by atoms with van der Waals surface area (Å²) < 4.78 is 6.27. The maximum Gasteiger partial charge on any atom is 0.135 e. The highest BCUT2D eigenvalue weighted by Gasteiger charge is 2.20. The van der Waals surface area contributed by atoms with Crippen LogP contribution in [-0.2, 0) is 0 Å². The number of anilines is 3. The van der Waals surface area contributed by atoms with Crippen molar-refractivity contribution >= 4 is 39.0 Å². The van der Waals surface area contributed by atoms with Crippen molar-refractivity contribution in [3.63, 3.8) is 0 Å². The van der Waals surface area contributed by atoms with E-state index in [0.29, 0.717) is 0 Å². The fraction of sp³-hybridized carbons (Fsp3) is 0. The molecule has 0 saturated carbocycles. The van der Waals surface area contributed by atoms with Gasteiger partial charge < -0.3 is 9.32 Å². The number of nitrogens with zero attached hydrogens (tertiary/aromatic N) is 1. The maximum atomic E-state index is 6.27. The lowest BCUT2D eigenvalue weighted by Gasteiger charge is -2.27. The zero-order valence-corrected chi connectivity index (χ0v) is 30.7. The summed E-state index contributed by atoms with van der Waals surface area (Å²) in [6.07, 6.45) is 0. The highest BCUT2D eigenvalue weighted by molar-refractivity contribution is 6.07. The zero-order valence-electron chi connectivity index (χ0n) is 30.7. The molecule has 56 heavy (non-hydrogen) atoms. The molecule has 0 bridgehead atoms. The molecule has 264 valence electrons. The molecule has 0 aliphatic carbocycles. The predicted molar refractivity (Wildman–Crippen MR) is 236 cm³/mol. The third-order valence-corrected chi connectivity index (χ3v) is 10.7. The second-order valence-corrected chi connectivity index (χ2v) is 14.1. The second kappa shape index (κ2) is 14.4. The quantitative estimate of drug-likeness (QED) is 0.156. The van der Waals surface area contributed by atoms with E-state index >= 15 is 0 Å². The number of para-hydroxylation sites is 1. The molecule has 10 aromatic rings. The lowest BCUT2D eigenvalue weighted by atomic mass is 9.84. The minimum absolute atomic E-state index is 0.877. The summed E-state index contributed by atoms with van der Waals surface area (Å²) in [5.41, 5.74) is 16.8. The number of hydrogen-bond donors (Lipinski definition) is 0. The van der Waals surface area contributed by atoms with E-state index in [2.05, 4.69) is 217 Å². The molecule has 0 fully saturated rings. The van der Waals surface area contributed by atoms with E-state index in [0.717, 1.165) is 44.6 Å². The normalized spacial score (nSPS) is 11.2. The van der Waals surface area contributed by atoms with Gasteiger partial charge in [-0.05, 0) is 104 Å². The Morgan fingerprint density at radius 1 is 0.268 bits per heavy atom. The van der Waals surface area contributed by atoms with E-state index in [1.54, 1.807) is 0 Å². The van der Waals surface area contributed by atoms with Crippen molar-refractivity contribution in [1.29, 1.82) is 0 Å². The predicted octanol–water partition coefficient (Wildman–Crippen LogP) is 15.4. The first-order valence-electron chi connectivity index (χ1n) is 19.1. The van der Waals surface area contributed by atoms with Gasteiger partial charge in [0.15, 0.2) is 0 Å². The van der Waals surface area contributed by atoms with Gasteiger partial charge in [-0.2, -0.15) is 0 Å². The van der Waals surface area contributed by atoms with Gasteiger partial charge in [-0.1, -0.05) is 176 Å². The fourth-order valence-corrected chi connectivity index (χ4v) is 8.06. The smallest absolute Gasteiger partial charge is 0.135 e. The molecular formula is C54H37NO. The molecular weight excluding hydrogens is 679 g/mol. The Bertz CT molecular complexity index is 2950. The molecule has 0 spiro atoms. The van der Waals surface area contributed by atoms with E-state index in [1.165, 1.54) is 50.1 Å². The van der Waals surface area contributed by atoms with E-state index in [-0.39, 0.29) is 0 Å². The molecule has 9 aromatic carbocycles. The van der Waals surface area contributed by atoms with E-state index < -0.39 is 0 Å². The summed E-state index contributed by atoms with van der Waals surface area (Å²) >= 11 is 0. The van der Waals surface area contributed by atoms with Gasteiger partial charge in [-0.3, -0.25) is 0 Å². The molecule has 0 aliphatic rings. The molecule has 1 aromatic heterocycles. The number of furan rings is 1. The first kappa shape index (κ1) is 33.2. The van der Waals surface area contributed by atoms with Crippen LogP contribution in [0.2, 0.25) is 0 Å². The van der Waals surface area contributed by atoms with Gasteiger partial charge in [0.2, 0.25) is 0 Å². The molecule has 1 heterocycles. The molecule has 0 radical (unpaired) electrons. The summed E-state index contributed by atoms with van der Waals surface area (Å²) in [6, 6.07) is 80.2. The Hall–Kier alpha value is -7.42. The van der Waals surface area contributed by atoms with Crippen LogP contribution in [0.4, 0.5) is 17.1 Å². The lowest BCUT2D eigenvalue weighted by molar-refractivity contribution is 0.669. The molecule has 10 rings (SSSR count). The monoisotopic (exact) mass is 715 g/mol. The van der Waals surface area contributed by atoms with Gasteiger partial charge >= 0.3 is 0 Å². The molecule has 0 amide bonds. The van der Waals surface area contributed by atoms with E-state index in [1.807, 2.05) is 12.1 Å². The van der Waals surface area contributed by atoms with Crippen LogP contribution >= 0.6 is 0 Å².